The minimum absolute atomic E-state index is 0.0794. The van der Waals surface area contributed by atoms with Crippen LogP contribution in [-0.4, -0.2) is 36.1 Å². The van der Waals surface area contributed by atoms with E-state index in [0.29, 0.717) is 0 Å². The molecule has 4 heterocycles. The normalized spacial score (nSPS) is 22.8. The summed E-state index contributed by atoms with van der Waals surface area (Å²) in [4.78, 5) is 27.7. The molecule has 0 amide bonds. The van der Waals surface area contributed by atoms with Crippen molar-refractivity contribution < 1.29 is 9.80 Å². The predicted octanol–water partition coefficient (Wildman–Crippen LogP) is 0.409. The largest absolute Gasteiger partial charge is 0.321 e. The summed E-state index contributed by atoms with van der Waals surface area (Å²) in [7, 11) is 0. The van der Waals surface area contributed by atoms with E-state index in [1.54, 1.807) is 16.2 Å². The number of nitrogens with zero attached hydrogens (tertiary/aromatic N) is 1. The maximum atomic E-state index is 12.7. The molecule has 3 N–H and O–H groups in total. The predicted molar refractivity (Wildman–Crippen MR) is 110 cm³/mol. The molecule has 27 heavy (non-hydrogen) atoms. The number of nitrogens with one attached hydrogen (secondary N) is 3. The van der Waals surface area contributed by atoms with Gasteiger partial charge in [-0.3, -0.25) is 4.79 Å². The molecule has 142 valence electrons. The van der Waals surface area contributed by atoms with E-state index < -0.39 is 0 Å². The molecule has 1 aliphatic heterocycles. The fourth-order valence-corrected chi connectivity index (χ4v) is 6.56. The maximum absolute atomic E-state index is 12.7. The molecule has 5 nitrogen and oxygen atoms in total. The summed E-state index contributed by atoms with van der Waals surface area (Å²) in [6, 6.07) is 4.38. The van der Waals surface area contributed by atoms with E-state index in [2.05, 4.69) is 22.5 Å². The van der Waals surface area contributed by atoms with Gasteiger partial charge in [-0.2, -0.15) is 0 Å². The van der Waals surface area contributed by atoms with Crippen molar-refractivity contribution in [2.75, 3.05) is 26.2 Å². The Balaban J connectivity index is 1.27. The number of hydrogen-bond donors (Lipinski definition) is 3. The minimum atomic E-state index is 0.0794. The van der Waals surface area contributed by atoms with Gasteiger partial charge in [0.1, 0.15) is 44.1 Å². The fourth-order valence-electron chi connectivity index (χ4n) is 4.50. The fraction of sp³-hybridized carbons (Fsp3) is 0.500. The summed E-state index contributed by atoms with van der Waals surface area (Å²) >= 11 is 3.61. The summed E-state index contributed by atoms with van der Waals surface area (Å²) in [6.07, 6.45) is 4.60. The molecule has 7 heteroatoms. The molecule has 0 radical (unpaired) electrons. The number of H-pyrrole nitrogens is 1. The van der Waals surface area contributed by atoms with Crippen molar-refractivity contribution in [1.82, 2.24) is 9.97 Å². The van der Waals surface area contributed by atoms with E-state index in [4.69, 9.17) is 4.98 Å². The van der Waals surface area contributed by atoms with Crippen LogP contribution in [0.15, 0.2) is 22.3 Å². The van der Waals surface area contributed by atoms with E-state index in [1.165, 1.54) is 46.1 Å². The van der Waals surface area contributed by atoms with Gasteiger partial charge in [0.2, 0.25) is 0 Å². The third-order valence-electron chi connectivity index (χ3n) is 5.96. The van der Waals surface area contributed by atoms with Crippen molar-refractivity contribution in [1.29, 1.82) is 0 Å². The van der Waals surface area contributed by atoms with Crippen LogP contribution < -0.4 is 15.4 Å². The smallest absolute Gasteiger partial charge is 0.260 e. The number of aromatic nitrogens is 2. The van der Waals surface area contributed by atoms with Gasteiger partial charge in [-0.1, -0.05) is 6.07 Å². The number of aryl methyl sites for hydroxylation is 2. The van der Waals surface area contributed by atoms with Crippen molar-refractivity contribution in [2.45, 2.75) is 38.8 Å². The zero-order valence-corrected chi connectivity index (χ0v) is 17.1. The Kier molecular flexibility index (Phi) is 4.85. The molecule has 3 aromatic rings. The third kappa shape index (κ3) is 3.61. The summed E-state index contributed by atoms with van der Waals surface area (Å²) in [5.74, 6) is 0.864. The lowest BCUT2D eigenvalue weighted by molar-refractivity contribution is -1.02. The second-order valence-electron chi connectivity index (χ2n) is 7.84. The number of rotatable bonds is 4. The monoisotopic (exact) mass is 402 g/mol. The molecule has 0 bridgehead atoms. The summed E-state index contributed by atoms with van der Waals surface area (Å²) in [5.41, 5.74) is 1.36. The Labute approximate surface area is 166 Å². The van der Waals surface area contributed by atoms with Crippen molar-refractivity contribution in [3.63, 3.8) is 0 Å². The first kappa shape index (κ1) is 17.6. The number of fused-ring (bicyclic) bond motifs is 3. The van der Waals surface area contributed by atoms with Gasteiger partial charge in [0.05, 0.1) is 10.3 Å². The molecule has 0 saturated carbocycles. The van der Waals surface area contributed by atoms with Crippen molar-refractivity contribution >= 4 is 32.9 Å². The van der Waals surface area contributed by atoms with Gasteiger partial charge < -0.3 is 14.8 Å². The van der Waals surface area contributed by atoms with Gasteiger partial charge in [-0.15, -0.1) is 22.7 Å². The van der Waals surface area contributed by atoms with E-state index in [0.717, 1.165) is 55.1 Å². The number of hydrogen-bond acceptors (Lipinski definition) is 4. The first-order chi connectivity index (χ1) is 13.3. The van der Waals surface area contributed by atoms with Crippen LogP contribution in [0.1, 0.15) is 34.0 Å². The molecule has 1 fully saturated rings. The van der Waals surface area contributed by atoms with Crippen molar-refractivity contribution in [3.05, 3.63) is 49.0 Å². The van der Waals surface area contributed by atoms with Crippen LogP contribution in [0.2, 0.25) is 0 Å². The van der Waals surface area contributed by atoms with Gasteiger partial charge in [-0.05, 0) is 42.7 Å². The van der Waals surface area contributed by atoms with Gasteiger partial charge in [0.25, 0.3) is 5.56 Å². The SMILES string of the molecule is O=c1[nH]c(C[NH+]2CC[NH+](Cc3cccs3)CC2)nc2sc3c(c12)CCCC3. The van der Waals surface area contributed by atoms with Crippen molar-refractivity contribution in [3.8, 4) is 0 Å². The average Bonchev–Trinajstić information content (AvgIpc) is 3.30. The lowest BCUT2D eigenvalue weighted by atomic mass is 9.97. The topological polar surface area (TPSA) is 54.6 Å². The number of aromatic amines is 1. The van der Waals surface area contributed by atoms with Gasteiger partial charge in [0.15, 0.2) is 5.82 Å². The molecule has 0 atom stereocenters. The van der Waals surface area contributed by atoms with Crippen LogP contribution in [0.3, 0.4) is 0 Å². The number of thiophene rings is 2. The average molecular weight is 403 g/mol. The van der Waals surface area contributed by atoms with Crippen LogP contribution in [0.5, 0.6) is 0 Å². The van der Waals surface area contributed by atoms with Crippen LogP contribution in [0, 0.1) is 0 Å². The maximum Gasteiger partial charge on any atom is 0.260 e. The first-order valence-electron chi connectivity index (χ1n) is 9.99. The Bertz CT molecular complexity index is 983. The molecule has 1 aliphatic carbocycles. The van der Waals surface area contributed by atoms with Gasteiger partial charge in [-0.25, -0.2) is 4.98 Å². The summed E-state index contributed by atoms with van der Waals surface area (Å²) in [6.45, 7) is 6.64. The molecule has 5 rings (SSSR count). The summed E-state index contributed by atoms with van der Waals surface area (Å²) in [5, 5.41) is 3.04. The van der Waals surface area contributed by atoms with Crippen LogP contribution >= 0.6 is 22.7 Å². The standard InChI is InChI=1S/C20H24N4OS2/c25-19-18-15-5-1-2-6-16(15)27-20(18)22-17(21-19)13-24-9-7-23(8-10-24)12-14-4-3-11-26-14/h3-4,11H,1-2,5-10,12-13H2,(H,21,22,25)/p+2. The highest BCUT2D eigenvalue weighted by molar-refractivity contribution is 7.18. The lowest BCUT2D eigenvalue weighted by Gasteiger charge is -2.29. The molecule has 0 spiro atoms. The molecular formula is C20H26N4OS2+2. The lowest BCUT2D eigenvalue weighted by Crippen LogP contribution is -3.27. The Hall–Kier alpha value is -1.54. The third-order valence-corrected chi connectivity index (χ3v) is 8.02. The van der Waals surface area contributed by atoms with Crippen molar-refractivity contribution in [2.24, 2.45) is 0 Å². The van der Waals surface area contributed by atoms with E-state index in [9.17, 15) is 4.79 Å². The highest BCUT2D eigenvalue weighted by Crippen LogP contribution is 2.33. The highest BCUT2D eigenvalue weighted by Gasteiger charge is 2.25. The van der Waals surface area contributed by atoms with Crippen LogP contribution in [0.4, 0.5) is 0 Å². The zero-order chi connectivity index (χ0) is 18.2. The minimum Gasteiger partial charge on any atom is -0.321 e. The van der Waals surface area contributed by atoms with Gasteiger partial charge >= 0.3 is 0 Å². The highest BCUT2D eigenvalue weighted by atomic mass is 32.1. The van der Waals surface area contributed by atoms with E-state index in [-0.39, 0.29) is 5.56 Å². The molecule has 0 unspecified atom stereocenters. The molecular weight excluding hydrogens is 376 g/mol. The second kappa shape index (κ2) is 7.47. The Morgan fingerprint density at radius 2 is 1.85 bits per heavy atom. The Morgan fingerprint density at radius 1 is 1.07 bits per heavy atom. The molecule has 0 aromatic carbocycles. The van der Waals surface area contributed by atoms with E-state index in [1.807, 2.05) is 11.3 Å². The molecule has 3 aromatic heterocycles. The molecule has 1 saturated heterocycles. The van der Waals surface area contributed by atoms with Crippen LogP contribution in [0.25, 0.3) is 10.2 Å². The quantitative estimate of drug-likeness (QED) is 0.592. The molecule has 2 aliphatic rings. The van der Waals surface area contributed by atoms with Crippen LogP contribution in [-0.2, 0) is 25.9 Å². The van der Waals surface area contributed by atoms with E-state index >= 15 is 0 Å². The van der Waals surface area contributed by atoms with Gasteiger partial charge in [0, 0.05) is 4.88 Å². The number of piperazine rings is 1. The number of quaternary nitrogens is 2. The first-order valence-corrected chi connectivity index (χ1v) is 11.7. The summed E-state index contributed by atoms with van der Waals surface area (Å²) < 4.78 is 0. The Morgan fingerprint density at radius 3 is 2.63 bits per heavy atom. The second-order valence-corrected chi connectivity index (χ2v) is 9.95. The zero-order valence-electron chi connectivity index (χ0n) is 15.5.